The molecule has 0 saturated carbocycles. The first kappa shape index (κ1) is 12.8. The molecule has 18 heavy (non-hydrogen) atoms. The van der Waals surface area contributed by atoms with Gasteiger partial charge in [0, 0.05) is 6.04 Å². The van der Waals surface area contributed by atoms with Gasteiger partial charge in [-0.3, -0.25) is 0 Å². The summed E-state index contributed by atoms with van der Waals surface area (Å²) in [5, 5.41) is 11.5. The van der Waals surface area contributed by atoms with Crippen LogP contribution >= 0.6 is 0 Å². The van der Waals surface area contributed by atoms with Gasteiger partial charge in [0.1, 0.15) is 5.82 Å². The zero-order valence-electron chi connectivity index (χ0n) is 9.39. The first-order valence-electron chi connectivity index (χ1n) is 5.37. The maximum Gasteiger partial charge on any atom is 0.335 e. The van der Waals surface area contributed by atoms with Gasteiger partial charge < -0.3 is 10.4 Å². The van der Waals surface area contributed by atoms with E-state index in [4.69, 9.17) is 5.11 Å². The van der Waals surface area contributed by atoms with Gasteiger partial charge in [0.25, 0.3) is 0 Å². The molecule has 1 fully saturated rings. The van der Waals surface area contributed by atoms with Gasteiger partial charge in [-0.2, -0.15) is 0 Å². The SMILES string of the molecule is O=C(O)c1ccc(F)c(NC2CCS(=O)(=O)C2)c1. The van der Waals surface area contributed by atoms with Crippen LogP contribution in [0, 0.1) is 5.82 Å². The van der Waals surface area contributed by atoms with Gasteiger partial charge in [-0.25, -0.2) is 17.6 Å². The normalized spacial score (nSPS) is 21.7. The van der Waals surface area contributed by atoms with Crippen LogP contribution in [-0.4, -0.2) is 37.0 Å². The van der Waals surface area contributed by atoms with Crippen LogP contribution in [0.2, 0.25) is 0 Å². The standard InChI is InChI=1S/C11H12FNO4S/c12-9-2-1-7(11(14)15)5-10(9)13-8-3-4-18(16,17)6-8/h1-2,5,8,13H,3-4,6H2,(H,14,15). The van der Waals surface area contributed by atoms with Crippen molar-refractivity contribution in [3.05, 3.63) is 29.6 Å². The number of carboxylic acids is 1. The summed E-state index contributed by atoms with van der Waals surface area (Å²) in [5.41, 5.74) is -0.0169. The molecule has 0 spiro atoms. The number of aromatic carboxylic acids is 1. The fourth-order valence-corrected chi connectivity index (χ4v) is 3.57. The Bertz CT molecular complexity index is 585. The average Bonchev–Trinajstić information content (AvgIpc) is 2.61. The van der Waals surface area contributed by atoms with Crippen LogP contribution in [0.1, 0.15) is 16.8 Å². The van der Waals surface area contributed by atoms with Gasteiger partial charge in [0.2, 0.25) is 0 Å². The number of nitrogens with one attached hydrogen (secondary N) is 1. The van der Waals surface area contributed by atoms with Crippen LogP contribution < -0.4 is 5.32 Å². The van der Waals surface area contributed by atoms with E-state index in [1.165, 1.54) is 6.07 Å². The number of hydrogen-bond acceptors (Lipinski definition) is 4. The molecule has 0 radical (unpaired) electrons. The molecule has 0 bridgehead atoms. The minimum absolute atomic E-state index is 0.0250. The Morgan fingerprint density at radius 3 is 2.72 bits per heavy atom. The quantitative estimate of drug-likeness (QED) is 0.862. The summed E-state index contributed by atoms with van der Waals surface area (Å²) in [6, 6.07) is 3.01. The predicted molar refractivity (Wildman–Crippen MR) is 64.0 cm³/mol. The van der Waals surface area contributed by atoms with Crippen LogP contribution in [-0.2, 0) is 9.84 Å². The topological polar surface area (TPSA) is 83.5 Å². The summed E-state index contributed by atoms with van der Waals surface area (Å²) in [4.78, 5) is 10.8. The molecule has 1 aliphatic rings. The predicted octanol–water partition coefficient (Wildman–Crippen LogP) is 1.12. The fourth-order valence-electron chi connectivity index (χ4n) is 1.90. The minimum Gasteiger partial charge on any atom is -0.478 e. The molecule has 1 unspecified atom stereocenters. The highest BCUT2D eigenvalue weighted by molar-refractivity contribution is 7.91. The third-order valence-corrected chi connectivity index (χ3v) is 4.57. The van der Waals surface area contributed by atoms with Crippen molar-refractivity contribution in [1.29, 1.82) is 0 Å². The lowest BCUT2D eigenvalue weighted by Crippen LogP contribution is -2.21. The lowest BCUT2D eigenvalue weighted by molar-refractivity contribution is 0.0697. The average molecular weight is 273 g/mol. The summed E-state index contributed by atoms with van der Waals surface area (Å²) in [6.07, 6.45) is 0.402. The molecule has 98 valence electrons. The molecular weight excluding hydrogens is 261 g/mol. The zero-order chi connectivity index (χ0) is 13.3. The van der Waals surface area contributed by atoms with Crippen molar-refractivity contribution >= 4 is 21.5 Å². The van der Waals surface area contributed by atoms with Crippen LogP contribution in [0.4, 0.5) is 10.1 Å². The van der Waals surface area contributed by atoms with Crippen molar-refractivity contribution in [3.8, 4) is 0 Å². The van der Waals surface area contributed by atoms with E-state index in [0.29, 0.717) is 6.42 Å². The number of anilines is 1. The van der Waals surface area contributed by atoms with E-state index in [-0.39, 0.29) is 28.8 Å². The maximum atomic E-state index is 13.5. The van der Waals surface area contributed by atoms with Gasteiger partial charge in [-0.15, -0.1) is 0 Å². The van der Waals surface area contributed by atoms with E-state index in [1.54, 1.807) is 0 Å². The molecule has 0 aliphatic carbocycles. The van der Waals surface area contributed by atoms with Crippen LogP contribution in [0.5, 0.6) is 0 Å². The highest BCUT2D eigenvalue weighted by Crippen LogP contribution is 2.21. The van der Waals surface area contributed by atoms with Crippen molar-refractivity contribution < 1.29 is 22.7 Å². The molecule has 1 aromatic rings. The monoisotopic (exact) mass is 273 g/mol. The van der Waals surface area contributed by atoms with Gasteiger partial charge in [0.05, 0.1) is 22.8 Å². The number of carboxylic acid groups (broad SMARTS) is 1. The fraction of sp³-hybridized carbons (Fsp3) is 0.364. The number of hydrogen-bond donors (Lipinski definition) is 2. The van der Waals surface area contributed by atoms with E-state index in [0.717, 1.165) is 12.1 Å². The smallest absolute Gasteiger partial charge is 0.335 e. The lowest BCUT2D eigenvalue weighted by atomic mass is 10.1. The summed E-state index contributed by atoms with van der Waals surface area (Å²) in [5.74, 6) is -1.73. The lowest BCUT2D eigenvalue weighted by Gasteiger charge is -2.13. The number of benzene rings is 1. The van der Waals surface area contributed by atoms with Crippen molar-refractivity contribution in [3.63, 3.8) is 0 Å². The van der Waals surface area contributed by atoms with E-state index in [2.05, 4.69) is 5.32 Å². The number of halogens is 1. The molecule has 2 N–H and O–H groups in total. The first-order valence-corrected chi connectivity index (χ1v) is 7.19. The second-order valence-corrected chi connectivity index (χ2v) is 6.47. The molecule has 1 aliphatic heterocycles. The minimum atomic E-state index is -3.06. The maximum absolute atomic E-state index is 13.5. The summed E-state index contributed by atoms with van der Waals surface area (Å²) < 4.78 is 36.0. The van der Waals surface area contributed by atoms with E-state index in [1.807, 2.05) is 0 Å². The molecule has 7 heteroatoms. The molecule has 5 nitrogen and oxygen atoms in total. The van der Waals surface area contributed by atoms with Gasteiger partial charge in [0.15, 0.2) is 9.84 Å². The summed E-state index contributed by atoms with van der Waals surface area (Å²) in [7, 11) is -3.06. The second kappa shape index (κ2) is 4.56. The Hall–Kier alpha value is -1.63. The first-order chi connectivity index (χ1) is 8.37. The van der Waals surface area contributed by atoms with Crippen molar-refractivity contribution in [1.82, 2.24) is 0 Å². The van der Waals surface area contributed by atoms with Gasteiger partial charge >= 0.3 is 5.97 Å². The van der Waals surface area contributed by atoms with Crippen LogP contribution in [0.25, 0.3) is 0 Å². The summed E-state index contributed by atoms with van der Waals surface area (Å²) in [6.45, 7) is 0. The molecule has 1 saturated heterocycles. The van der Waals surface area contributed by atoms with Gasteiger partial charge in [-0.05, 0) is 24.6 Å². The van der Waals surface area contributed by atoms with Crippen LogP contribution in [0.15, 0.2) is 18.2 Å². The molecule has 2 rings (SSSR count). The Morgan fingerprint density at radius 1 is 1.44 bits per heavy atom. The van der Waals surface area contributed by atoms with Gasteiger partial charge in [-0.1, -0.05) is 0 Å². The van der Waals surface area contributed by atoms with E-state index in [9.17, 15) is 17.6 Å². The van der Waals surface area contributed by atoms with E-state index < -0.39 is 21.6 Å². The summed E-state index contributed by atoms with van der Waals surface area (Å²) >= 11 is 0. The molecular formula is C11H12FNO4S. The highest BCUT2D eigenvalue weighted by Gasteiger charge is 2.28. The largest absolute Gasteiger partial charge is 0.478 e. The zero-order valence-corrected chi connectivity index (χ0v) is 10.2. The molecule has 1 atom stereocenters. The Morgan fingerprint density at radius 2 is 2.17 bits per heavy atom. The number of sulfone groups is 1. The van der Waals surface area contributed by atoms with Crippen molar-refractivity contribution in [2.45, 2.75) is 12.5 Å². The third-order valence-electron chi connectivity index (χ3n) is 2.81. The second-order valence-electron chi connectivity index (χ2n) is 4.24. The Kier molecular flexibility index (Phi) is 3.25. The van der Waals surface area contributed by atoms with Crippen LogP contribution in [0.3, 0.4) is 0 Å². The highest BCUT2D eigenvalue weighted by atomic mass is 32.2. The number of carbonyl (C=O) groups is 1. The molecule has 1 heterocycles. The van der Waals surface area contributed by atoms with Crippen molar-refractivity contribution in [2.75, 3.05) is 16.8 Å². The molecule has 0 amide bonds. The molecule has 1 aromatic carbocycles. The van der Waals surface area contributed by atoms with Crippen molar-refractivity contribution in [2.24, 2.45) is 0 Å². The Labute approximate surface area is 104 Å². The Balaban J connectivity index is 2.19. The number of rotatable bonds is 3. The molecule has 0 aromatic heterocycles. The van der Waals surface area contributed by atoms with E-state index >= 15 is 0 Å². The third kappa shape index (κ3) is 2.79.